The molecular formula is C45H74N8O3. The third kappa shape index (κ3) is 15.9. The molecule has 0 spiro atoms. The summed E-state index contributed by atoms with van der Waals surface area (Å²) in [7, 11) is 1.71. The van der Waals surface area contributed by atoms with Gasteiger partial charge in [-0.1, -0.05) is 122 Å². The Hall–Kier alpha value is -3.89. The van der Waals surface area contributed by atoms with Crippen molar-refractivity contribution in [2.45, 2.75) is 174 Å². The standard InChI is InChI=1S/C45H74N8O3/c1-4-6-8-9-10-11-12-13-14-15-16-17-18-19-20-23-41(54)47-30-22-21-24-42(55)52-31-27-36(28-32-52)37-25-26-38(40(33-37)56-3)34-53-35-39-43(51-53)44(48-29-7-5-2)50-45(46)49-39/h25-26,33,35-36H,4-24,27-32,34H2,1-3H3,(H,47,54)(H3,46,48,49,50). The van der Waals surface area contributed by atoms with Crippen LogP contribution in [0.3, 0.4) is 0 Å². The second kappa shape index (κ2) is 26.1. The Kier molecular flexibility index (Phi) is 20.9. The number of carbonyl (C=O) groups is 2. The fourth-order valence-electron chi connectivity index (χ4n) is 7.88. The molecule has 4 rings (SSSR count). The van der Waals surface area contributed by atoms with Crippen LogP contribution in [0.25, 0.3) is 11.0 Å². The van der Waals surface area contributed by atoms with Gasteiger partial charge in [-0.25, -0.2) is 4.98 Å². The van der Waals surface area contributed by atoms with Crippen molar-refractivity contribution in [3.05, 3.63) is 35.5 Å². The van der Waals surface area contributed by atoms with Crippen LogP contribution in [0.1, 0.15) is 179 Å². The molecule has 1 aromatic carbocycles. The van der Waals surface area contributed by atoms with Gasteiger partial charge in [0.15, 0.2) is 11.3 Å². The van der Waals surface area contributed by atoms with Crippen LogP contribution in [0, 0.1) is 0 Å². The Morgan fingerprint density at radius 3 is 2.05 bits per heavy atom. The summed E-state index contributed by atoms with van der Waals surface area (Å²) < 4.78 is 7.70. The Balaban J connectivity index is 1.05. The SMILES string of the molecule is CCCCCCCCCCCCCCCCCC(=O)NCCCCC(=O)N1CCC(c2ccc(Cn3cc4nc(N)nc(NCCCC)c4n3)c(OC)c2)CC1. The summed E-state index contributed by atoms with van der Waals surface area (Å²) in [6, 6.07) is 6.45. The van der Waals surface area contributed by atoms with Crippen molar-refractivity contribution < 1.29 is 14.3 Å². The van der Waals surface area contributed by atoms with E-state index in [4.69, 9.17) is 15.6 Å². The number of nitrogens with zero attached hydrogens (tertiary/aromatic N) is 5. The number of nitrogens with two attached hydrogens (primary N) is 1. The van der Waals surface area contributed by atoms with Gasteiger partial charge in [0.05, 0.1) is 19.9 Å². The van der Waals surface area contributed by atoms with E-state index in [0.29, 0.717) is 48.7 Å². The number of nitrogen functional groups attached to an aromatic ring is 1. The second-order valence-corrected chi connectivity index (χ2v) is 16.0. The summed E-state index contributed by atoms with van der Waals surface area (Å²) in [4.78, 5) is 36.1. The zero-order valence-electron chi connectivity index (χ0n) is 35.2. The van der Waals surface area contributed by atoms with Crippen LogP contribution in [0.2, 0.25) is 0 Å². The van der Waals surface area contributed by atoms with Crippen molar-refractivity contribution in [2.75, 3.05) is 44.3 Å². The van der Waals surface area contributed by atoms with Gasteiger partial charge in [-0.15, -0.1) is 0 Å². The Morgan fingerprint density at radius 2 is 1.41 bits per heavy atom. The number of hydrogen-bond acceptors (Lipinski definition) is 8. The van der Waals surface area contributed by atoms with Crippen LogP contribution in [-0.2, 0) is 16.1 Å². The summed E-state index contributed by atoms with van der Waals surface area (Å²) in [5.74, 6) is 2.47. The van der Waals surface area contributed by atoms with E-state index in [9.17, 15) is 9.59 Å². The number of piperidine rings is 1. The lowest BCUT2D eigenvalue weighted by Crippen LogP contribution is -2.37. The van der Waals surface area contributed by atoms with E-state index in [1.165, 1.54) is 89.0 Å². The van der Waals surface area contributed by atoms with E-state index in [1.807, 2.05) is 15.8 Å². The highest BCUT2D eigenvalue weighted by Gasteiger charge is 2.24. The van der Waals surface area contributed by atoms with Crippen LogP contribution in [0.15, 0.2) is 24.4 Å². The van der Waals surface area contributed by atoms with E-state index < -0.39 is 0 Å². The molecule has 1 fully saturated rings. The fraction of sp³-hybridized carbons (Fsp3) is 0.711. The number of carbonyl (C=O) groups excluding carboxylic acids is 2. The van der Waals surface area contributed by atoms with Crippen LogP contribution < -0.4 is 21.1 Å². The lowest BCUT2D eigenvalue weighted by atomic mass is 9.88. The molecule has 1 aliphatic rings. The number of anilines is 2. The van der Waals surface area contributed by atoms with Gasteiger partial charge in [-0.05, 0) is 56.1 Å². The van der Waals surface area contributed by atoms with Gasteiger partial charge in [0.1, 0.15) is 11.3 Å². The van der Waals surface area contributed by atoms with E-state index in [-0.39, 0.29) is 17.8 Å². The first-order chi connectivity index (χ1) is 27.4. The number of nitrogens with one attached hydrogen (secondary N) is 2. The van der Waals surface area contributed by atoms with E-state index >= 15 is 0 Å². The number of amides is 2. The first-order valence-electron chi connectivity index (χ1n) is 22.4. The van der Waals surface area contributed by atoms with E-state index in [0.717, 1.165) is 82.3 Å². The minimum Gasteiger partial charge on any atom is -0.496 e. The quantitative estimate of drug-likeness (QED) is 0.0593. The van der Waals surface area contributed by atoms with Gasteiger partial charge in [-0.3, -0.25) is 14.3 Å². The Bertz CT molecular complexity index is 1570. The predicted molar refractivity (Wildman–Crippen MR) is 230 cm³/mol. The highest BCUT2D eigenvalue weighted by Crippen LogP contribution is 2.33. The average Bonchev–Trinajstić information content (AvgIpc) is 3.61. The number of fused-ring (bicyclic) bond motifs is 1. The van der Waals surface area contributed by atoms with Crippen LogP contribution in [-0.4, -0.2) is 69.8 Å². The van der Waals surface area contributed by atoms with Gasteiger partial charge in [0.25, 0.3) is 0 Å². The van der Waals surface area contributed by atoms with Gasteiger partial charge in [-0.2, -0.15) is 10.1 Å². The zero-order chi connectivity index (χ0) is 39.8. The fourth-order valence-corrected chi connectivity index (χ4v) is 7.88. The number of ether oxygens (including phenoxy) is 1. The molecule has 56 heavy (non-hydrogen) atoms. The number of unbranched alkanes of at least 4 members (excludes halogenated alkanes) is 16. The van der Waals surface area contributed by atoms with Crippen molar-refractivity contribution in [2.24, 2.45) is 0 Å². The maximum atomic E-state index is 13.0. The monoisotopic (exact) mass is 775 g/mol. The van der Waals surface area contributed by atoms with Gasteiger partial charge < -0.3 is 26.0 Å². The van der Waals surface area contributed by atoms with Crippen molar-refractivity contribution >= 4 is 34.6 Å². The molecule has 0 atom stereocenters. The third-order valence-corrected chi connectivity index (χ3v) is 11.4. The lowest BCUT2D eigenvalue weighted by molar-refractivity contribution is -0.132. The van der Waals surface area contributed by atoms with Crippen molar-refractivity contribution in [3.63, 3.8) is 0 Å². The highest BCUT2D eigenvalue weighted by atomic mass is 16.5. The third-order valence-electron chi connectivity index (χ3n) is 11.4. The van der Waals surface area contributed by atoms with Crippen LogP contribution >= 0.6 is 0 Å². The Morgan fingerprint density at radius 1 is 0.786 bits per heavy atom. The molecule has 4 N–H and O–H groups in total. The largest absolute Gasteiger partial charge is 0.496 e. The molecular weight excluding hydrogens is 701 g/mol. The lowest BCUT2D eigenvalue weighted by Gasteiger charge is -2.32. The minimum absolute atomic E-state index is 0.150. The molecule has 2 amide bonds. The molecule has 11 heteroatoms. The number of hydrogen-bond donors (Lipinski definition) is 3. The van der Waals surface area contributed by atoms with Crippen molar-refractivity contribution in [1.82, 2.24) is 30.0 Å². The maximum Gasteiger partial charge on any atom is 0.222 e. The molecule has 0 saturated carbocycles. The topological polar surface area (TPSA) is 140 Å². The van der Waals surface area contributed by atoms with Crippen LogP contribution in [0.5, 0.6) is 5.75 Å². The van der Waals surface area contributed by atoms with Gasteiger partial charge in [0, 0.05) is 44.6 Å². The zero-order valence-corrected chi connectivity index (χ0v) is 35.2. The normalized spacial score (nSPS) is 13.4. The van der Waals surface area contributed by atoms with E-state index in [1.54, 1.807) is 7.11 Å². The molecule has 0 aliphatic carbocycles. The molecule has 3 heterocycles. The summed E-state index contributed by atoms with van der Waals surface area (Å²) >= 11 is 0. The minimum atomic E-state index is 0.150. The predicted octanol–water partition coefficient (Wildman–Crippen LogP) is 9.93. The number of methoxy groups -OCH3 is 1. The molecule has 0 radical (unpaired) electrons. The number of rotatable bonds is 29. The Labute approximate surface area is 337 Å². The van der Waals surface area contributed by atoms with Crippen molar-refractivity contribution in [3.8, 4) is 5.75 Å². The first kappa shape index (κ1) is 44.8. The van der Waals surface area contributed by atoms with Crippen LogP contribution in [0.4, 0.5) is 11.8 Å². The maximum absolute atomic E-state index is 13.0. The van der Waals surface area contributed by atoms with E-state index in [2.05, 4.69) is 52.6 Å². The molecule has 11 nitrogen and oxygen atoms in total. The van der Waals surface area contributed by atoms with Gasteiger partial charge >= 0.3 is 0 Å². The molecule has 312 valence electrons. The summed E-state index contributed by atoms with van der Waals surface area (Å²) in [6.07, 6.45) is 28.6. The summed E-state index contributed by atoms with van der Waals surface area (Å²) in [5.41, 5.74) is 9.67. The molecule has 0 unspecified atom stereocenters. The summed E-state index contributed by atoms with van der Waals surface area (Å²) in [6.45, 7) is 7.95. The number of benzene rings is 1. The first-order valence-corrected chi connectivity index (χ1v) is 22.4. The average molecular weight is 775 g/mol. The smallest absolute Gasteiger partial charge is 0.222 e. The molecule has 1 aliphatic heterocycles. The molecule has 0 bridgehead atoms. The molecule has 2 aromatic heterocycles. The number of aromatic nitrogens is 4. The van der Waals surface area contributed by atoms with Crippen molar-refractivity contribution in [1.29, 1.82) is 0 Å². The molecule has 3 aromatic rings. The summed E-state index contributed by atoms with van der Waals surface area (Å²) in [5, 5.41) is 11.2. The molecule has 1 saturated heterocycles. The second-order valence-electron chi connectivity index (χ2n) is 16.0. The highest BCUT2D eigenvalue weighted by molar-refractivity contribution is 5.85. The number of likely N-dealkylation sites (tertiary alicyclic amines) is 1. The van der Waals surface area contributed by atoms with Gasteiger partial charge in [0.2, 0.25) is 17.8 Å².